The molecule has 11 nitrogen and oxygen atoms in total. The molecule has 2 amide bonds. The average Bonchev–Trinajstić information content (AvgIpc) is 3.30. The molecule has 0 spiro atoms. The van der Waals surface area contributed by atoms with Gasteiger partial charge < -0.3 is 13.9 Å². The smallest absolute Gasteiger partial charge is 0.302 e. The van der Waals surface area contributed by atoms with Gasteiger partial charge in [-0.15, -0.1) is 0 Å². The summed E-state index contributed by atoms with van der Waals surface area (Å²) in [6.07, 6.45) is 1.41. The van der Waals surface area contributed by atoms with Crippen LogP contribution in [0, 0.1) is 21.4 Å². The van der Waals surface area contributed by atoms with E-state index >= 15 is 0 Å². The standard InChI is InChI=1S/C24H21N3O8/c1-15-20(13-19-6-7-22(35-19)17-4-3-5-18(12-17)27(31)32)23(29)26(24(30)21(15)14-25)8-9-33-10-11-34-16(2)28/h3-7,12-13H,8-11H2,1-2H3/b20-13+. The van der Waals surface area contributed by atoms with Crippen LogP contribution in [-0.4, -0.2) is 54.0 Å². The molecule has 0 fully saturated rings. The highest BCUT2D eigenvalue weighted by molar-refractivity contribution is 6.19. The van der Waals surface area contributed by atoms with Gasteiger partial charge in [0.05, 0.1) is 24.7 Å². The largest absolute Gasteiger partial charge is 0.463 e. The summed E-state index contributed by atoms with van der Waals surface area (Å²) in [4.78, 5) is 47.9. The van der Waals surface area contributed by atoms with Crippen LogP contribution in [0.25, 0.3) is 17.4 Å². The summed E-state index contributed by atoms with van der Waals surface area (Å²) >= 11 is 0. The van der Waals surface area contributed by atoms with E-state index in [0.717, 1.165) is 4.90 Å². The van der Waals surface area contributed by atoms with Crippen LogP contribution in [0.2, 0.25) is 0 Å². The fraction of sp³-hybridized carbons (Fsp3) is 0.250. The van der Waals surface area contributed by atoms with Crippen LogP contribution in [0.15, 0.2) is 57.5 Å². The van der Waals surface area contributed by atoms with E-state index in [9.17, 15) is 29.8 Å². The molecule has 2 aromatic rings. The number of carbonyl (C=O) groups is 3. The van der Waals surface area contributed by atoms with Crippen LogP contribution in [0.1, 0.15) is 19.6 Å². The van der Waals surface area contributed by atoms with E-state index in [2.05, 4.69) is 0 Å². The molecule has 0 radical (unpaired) electrons. The van der Waals surface area contributed by atoms with Crippen LogP contribution in [-0.2, 0) is 23.9 Å². The van der Waals surface area contributed by atoms with Crippen molar-refractivity contribution >= 4 is 29.5 Å². The number of esters is 1. The SMILES string of the molecule is CC(=O)OCCOCCN1C(=O)C(C#N)=C(C)/C(=C\c2ccc(-c3cccc([N+](=O)[O-])c3)o2)C1=O. The van der Waals surface area contributed by atoms with Gasteiger partial charge in [-0.05, 0) is 30.7 Å². The number of amides is 2. The molecule has 0 bridgehead atoms. The monoisotopic (exact) mass is 479 g/mol. The van der Waals surface area contributed by atoms with Gasteiger partial charge in [-0.1, -0.05) is 12.1 Å². The Balaban J connectivity index is 1.81. The first-order valence-corrected chi connectivity index (χ1v) is 10.5. The molecule has 1 aliphatic heterocycles. The highest BCUT2D eigenvalue weighted by Gasteiger charge is 2.35. The first-order chi connectivity index (χ1) is 16.7. The number of non-ortho nitro benzene ring substituents is 1. The number of hydrogen-bond donors (Lipinski definition) is 0. The predicted molar refractivity (Wildman–Crippen MR) is 121 cm³/mol. The zero-order valence-electron chi connectivity index (χ0n) is 19.0. The Hall–Kier alpha value is -4.56. The van der Waals surface area contributed by atoms with Gasteiger partial charge in [0.1, 0.15) is 29.8 Å². The number of ether oxygens (including phenoxy) is 2. The third-order valence-electron chi connectivity index (χ3n) is 5.07. The Labute approximate surface area is 200 Å². The Morgan fingerprint density at radius 3 is 2.66 bits per heavy atom. The van der Waals surface area contributed by atoms with Crippen molar-refractivity contribution in [2.45, 2.75) is 13.8 Å². The molecule has 0 N–H and O–H groups in total. The van der Waals surface area contributed by atoms with E-state index in [0.29, 0.717) is 11.3 Å². The summed E-state index contributed by atoms with van der Waals surface area (Å²) in [6.45, 7) is 2.77. The Bertz CT molecular complexity index is 1280. The minimum absolute atomic E-state index is 0.0124. The normalized spacial score (nSPS) is 14.9. The maximum absolute atomic E-state index is 13.1. The summed E-state index contributed by atoms with van der Waals surface area (Å²) in [5.41, 5.74) is 0.513. The molecule has 1 aromatic carbocycles. The third kappa shape index (κ3) is 5.87. The highest BCUT2D eigenvalue weighted by Crippen LogP contribution is 2.30. The Kier molecular flexibility index (Phi) is 7.91. The Morgan fingerprint density at radius 2 is 1.97 bits per heavy atom. The van der Waals surface area contributed by atoms with Gasteiger partial charge in [-0.25, -0.2) is 0 Å². The number of benzene rings is 1. The van der Waals surface area contributed by atoms with Gasteiger partial charge in [0.25, 0.3) is 17.5 Å². The molecule has 3 rings (SSSR count). The zero-order chi connectivity index (χ0) is 25.5. The first-order valence-electron chi connectivity index (χ1n) is 10.5. The minimum Gasteiger partial charge on any atom is -0.463 e. The second kappa shape index (κ2) is 11.0. The van der Waals surface area contributed by atoms with E-state index in [1.54, 1.807) is 18.2 Å². The Morgan fingerprint density at radius 1 is 1.20 bits per heavy atom. The number of hydrogen-bond acceptors (Lipinski definition) is 9. The lowest BCUT2D eigenvalue weighted by molar-refractivity contribution is -0.384. The van der Waals surface area contributed by atoms with Crippen molar-refractivity contribution in [1.82, 2.24) is 4.90 Å². The molecular formula is C24H21N3O8. The minimum atomic E-state index is -0.729. The second-order valence-electron chi connectivity index (χ2n) is 7.39. The summed E-state index contributed by atoms with van der Waals surface area (Å²) in [6, 6.07) is 10.9. The maximum Gasteiger partial charge on any atom is 0.302 e. The summed E-state index contributed by atoms with van der Waals surface area (Å²) in [5.74, 6) is -1.19. The maximum atomic E-state index is 13.1. The number of rotatable bonds is 9. The zero-order valence-corrected chi connectivity index (χ0v) is 19.0. The van der Waals surface area contributed by atoms with Crippen molar-refractivity contribution in [3.63, 3.8) is 0 Å². The van der Waals surface area contributed by atoms with Gasteiger partial charge in [-0.3, -0.25) is 29.4 Å². The van der Waals surface area contributed by atoms with Gasteiger partial charge in [0.15, 0.2) is 0 Å². The lowest BCUT2D eigenvalue weighted by Crippen LogP contribution is -2.44. The van der Waals surface area contributed by atoms with Gasteiger partial charge in [-0.2, -0.15) is 5.26 Å². The molecule has 35 heavy (non-hydrogen) atoms. The molecule has 0 saturated heterocycles. The fourth-order valence-corrected chi connectivity index (χ4v) is 3.34. The highest BCUT2D eigenvalue weighted by atomic mass is 16.6. The molecule has 180 valence electrons. The van der Waals surface area contributed by atoms with Gasteiger partial charge in [0.2, 0.25) is 0 Å². The van der Waals surface area contributed by atoms with Crippen molar-refractivity contribution in [2.24, 2.45) is 0 Å². The molecule has 11 heteroatoms. The second-order valence-corrected chi connectivity index (χ2v) is 7.39. The average molecular weight is 479 g/mol. The van der Waals surface area contributed by atoms with Crippen molar-refractivity contribution in [3.8, 4) is 17.4 Å². The van der Waals surface area contributed by atoms with Crippen LogP contribution in [0.3, 0.4) is 0 Å². The molecule has 0 unspecified atom stereocenters. The molecular weight excluding hydrogens is 458 g/mol. The lowest BCUT2D eigenvalue weighted by Gasteiger charge is -2.27. The van der Waals surface area contributed by atoms with Crippen molar-refractivity contribution in [1.29, 1.82) is 5.26 Å². The van der Waals surface area contributed by atoms with E-state index in [-0.39, 0.29) is 54.5 Å². The van der Waals surface area contributed by atoms with E-state index in [1.807, 2.05) is 6.07 Å². The van der Waals surface area contributed by atoms with Crippen LogP contribution in [0.5, 0.6) is 0 Å². The van der Waals surface area contributed by atoms with E-state index in [1.165, 1.54) is 38.1 Å². The molecule has 0 atom stereocenters. The van der Waals surface area contributed by atoms with Crippen LogP contribution >= 0.6 is 0 Å². The molecule has 1 aromatic heterocycles. The van der Waals surface area contributed by atoms with E-state index < -0.39 is 22.7 Å². The molecule has 1 aliphatic rings. The third-order valence-corrected chi connectivity index (χ3v) is 5.07. The first kappa shape index (κ1) is 25.1. The summed E-state index contributed by atoms with van der Waals surface area (Å²) in [7, 11) is 0. The molecule has 2 heterocycles. The van der Waals surface area contributed by atoms with Crippen molar-refractivity contribution in [3.05, 3.63) is 69.0 Å². The number of nitro groups is 1. The lowest BCUT2D eigenvalue weighted by atomic mass is 9.94. The summed E-state index contributed by atoms with van der Waals surface area (Å²) < 4.78 is 15.8. The van der Waals surface area contributed by atoms with Gasteiger partial charge >= 0.3 is 5.97 Å². The predicted octanol–water partition coefficient (Wildman–Crippen LogP) is 3.03. The topological polar surface area (TPSA) is 153 Å². The number of nitrogens with zero attached hydrogens (tertiary/aromatic N) is 3. The molecule has 0 saturated carbocycles. The number of furan rings is 1. The molecule has 0 aliphatic carbocycles. The number of nitriles is 1. The van der Waals surface area contributed by atoms with Gasteiger partial charge in [0, 0.05) is 30.2 Å². The quantitative estimate of drug-likeness (QED) is 0.132. The van der Waals surface area contributed by atoms with Crippen LogP contribution in [0.4, 0.5) is 5.69 Å². The number of nitro benzene ring substituents is 1. The number of imide groups is 1. The summed E-state index contributed by atoms with van der Waals surface area (Å²) in [5, 5.41) is 20.5. The number of carbonyl (C=O) groups excluding carboxylic acids is 3. The fourth-order valence-electron chi connectivity index (χ4n) is 3.34. The van der Waals surface area contributed by atoms with Crippen molar-refractivity contribution < 1.29 is 33.2 Å². The van der Waals surface area contributed by atoms with E-state index in [4.69, 9.17) is 13.9 Å². The van der Waals surface area contributed by atoms with Crippen molar-refractivity contribution in [2.75, 3.05) is 26.4 Å². The van der Waals surface area contributed by atoms with Crippen LogP contribution < -0.4 is 0 Å².